The Morgan fingerprint density at radius 3 is 2.58 bits per heavy atom. The summed E-state index contributed by atoms with van der Waals surface area (Å²) in [7, 11) is -2.76. The molecule has 2 aromatic carbocycles. The van der Waals surface area contributed by atoms with Crippen molar-refractivity contribution in [3.05, 3.63) is 48.3 Å². The molecule has 2 aromatic rings. The molecule has 0 atom stereocenters. The maximum atomic E-state index is 14.2. The van der Waals surface area contributed by atoms with Crippen LogP contribution < -0.4 is 10.1 Å². The minimum absolute atomic E-state index is 0.0956. The molecular formula is C19H20FNO4S. The summed E-state index contributed by atoms with van der Waals surface area (Å²) in [5.74, 6) is -0.324. The average Bonchev–Trinajstić information content (AvgIpc) is 2.64. The standard InChI is InChI=1S/C19H20FNO4S/c20-18-10-9-15(25-19(22)21-14-6-2-1-3-7-14)12-17(18)13-5-4-8-16(11-13)26(23)24/h4-5,8-12,14,26H,1-3,6-7H2,(H,21,22). The van der Waals surface area contributed by atoms with Crippen molar-refractivity contribution >= 4 is 16.8 Å². The van der Waals surface area contributed by atoms with Gasteiger partial charge in [-0.15, -0.1) is 0 Å². The van der Waals surface area contributed by atoms with Crippen molar-refractivity contribution in [2.45, 2.75) is 43.0 Å². The quantitative estimate of drug-likeness (QED) is 0.793. The van der Waals surface area contributed by atoms with E-state index in [4.69, 9.17) is 4.74 Å². The van der Waals surface area contributed by atoms with E-state index < -0.39 is 22.6 Å². The minimum Gasteiger partial charge on any atom is -0.410 e. The Balaban J connectivity index is 1.77. The molecule has 1 saturated carbocycles. The predicted molar refractivity (Wildman–Crippen MR) is 96.4 cm³/mol. The number of hydrogen-bond acceptors (Lipinski definition) is 4. The molecule has 138 valence electrons. The zero-order valence-corrected chi connectivity index (χ0v) is 15.0. The topological polar surface area (TPSA) is 72.5 Å². The van der Waals surface area contributed by atoms with E-state index in [1.54, 1.807) is 12.1 Å². The summed E-state index contributed by atoms with van der Waals surface area (Å²) < 4.78 is 41.7. The normalized spacial score (nSPS) is 15.0. The second kappa shape index (κ2) is 8.31. The molecule has 0 aromatic heterocycles. The highest BCUT2D eigenvalue weighted by molar-refractivity contribution is 7.72. The first-order chi connectivity index (χ1) is 12.5. The van der Waals surface area contributed by atoms with Crippen molar-refractivity contribution in [2.75, 3.05) is 0 Å². The Bertz CT molecular complexity index is 868. The molecule has 3 rings (SSSR count). The summed E-state index contributed by atoms with van der Waals surface area (Å²) in [6.45, 7) is 0. The van der Waals surface area contributed by atoms with Crippen LogP contribution in [0.4, 0.5) is 9.18 Å². The van der Waals surface area contributed by atoms with E-state index in [9.17, 15) is 17.6 Å². The lowest BCUT2D eigenvalue weighted by molar-refractivity contribution is 0.192. The third-order valence-electron chi connectivity index (χ3n) is 4.44. The number of rotatable bonds is 4. The van der Waals surface area contributed by atoms with Crippen LogP contribution in [-0.2, 0) is 10.7 Å². The van der Waals surface area contributed by atoms with Crippen LogP contribution in [0.3, 0.4) is 0 Å². The van der Waals surface area contributed by atoms with Gasteiger partial charge < -0.3 is 10.1 Å². The van der Waals surface area contributed by atoms with Gasteiger partial charge in [-0.25, -0.2) is 17.6 Å². The number of ether oxygens (including phenoxy) is 1. The molecule has 5 nitrogen and oxygen atoms in total. The molecule has 1 fully saturated rings. The van der Waals surface area contributed by atoms with Crippen molar-refractivity contribution in [1.82, 2.24) is 5.32 Å². The fraction of sp³-hybridized carbons (Fsp3) is 0.316. The molecule has 0 radical (unpaired) electrons. The van der Waals surface area contributed by atoms with Gasteiger partial charge in [0.1, 0.15) is 11.6 Å². The Morgan fingerprint density at radius 2 is 1.85 bits per heavy atom. The fourth-order valence-electron chi connectivity index (χ4n) is 3.13. The van der Waals surface area contributed by atoms with Gasteiger partial charge in [-0.05, 0) is 48.7 Å². The minimum atomic E-state index is -2.76. The van der Waals surface area contributed by atoms with Gasteiger partial charge in [0.15, 0.2) is 10.7 Å². The predicted octanol–water partition coefficient (Wildman–Crippen LogP) is 3.88. The SMILES string of the molecule is O=C(NC1CCCCC1)Oc1ccc(F)c(-c2cccc([SH](=O)=O)c2)c1. The summed E-state index contributed by atoms with van der Waals surface area (Å²) in [6, 6.07) is 10.0. The molecule has 26 heavy (non-hydrogen) atoms. The van der Waals surface area contributed by atoms with Crippen LogP contribution in [-0.4, -0.2) is 20.6 Å². The van der Waals surface area contributed by atoms with Gasteiger partial charge in [-0.2, -0.15) is 0 Å². The maximum Gasteiger partial charge on any atom is 0.412 e. The first-order valence-electron chi connectivity index (χ1n) is 8.55. The van der Waals surface area contributed by atoms with E-state index in [0.717, 1.165) is 25.7 Å². The van der Waals surface area contributed by atoms with E-state index >= 15 is 0 Å². The first kappa shape index (κ1) is 18.4. The lowest BCUT2D eigenvalue weighted by Crippen LogP contribution is -2.38. The molecular weight excluding hydrogens is 357 g/mol. The second-order valence-corrected chi connectivity index (χ2v) is 7.35. The van der Waals surface area contributed by atoms with Crippen molar-refractivity contribution in [3.8, 4) is 16.9 Å². The highest BCUT2D eigenvalue weighted by Crippen LogP contribution is 2.28. The zero-order valence-electron chi connectivity index (χ0n) is 14.1. The fourth-order valence-corrected chi connectivity index (χ4v) is 3.58. The Labute approximate surface area is 153 Å². The largest absolute Gasteiger partial charge is 0.412 e. The van der Waals surface area contributed by atoms with Gasteiger partial charge in [-0.1, -0.05) is 31.4 Å². The molecule has 1 aliphatic rings. The third kappa shape index (κ3) is 4.60. The summed E-state index contributed by atoms with van der Waals surface area (Å²) >= 11 is 0. The lowest BCUT2D eigenvalue weighted by atomic mass is 9.96. The molecule has 0 aliphatic heterocycles. The van der Waals surface area contributed by atoms with Gasteiger partial charge >= 0.3 is 6.09 Å². The Kier molecular flexibility index (Phi) is 5.88. The van der Waals surface area contributed by atoms with Gasteiger partial charge in [0.25, 0.3) is 0 Å². The van der Waals surface area contributed by atoms with Gasteiger partial charge in [0, 0.05) is 11.6 Å². The van der Waals surface area contributed by atoms with Gasteiger partial charge in [0.05, 0.1) is 4.90 Å². The Morgan fingerprint density at radius 1 is 1.08 bits per heavy atom. The van der Waals surface area contributed by atoms with Crippen LogP contribution in [0.5, 0.6) is 5.75 Å². The molecule has 0 saturated heterocycles. The highest BCUT2D eigenvalue weighted by Gasteiger charge is 2.17. The van der Waals surface area contributed by atoms with E-state index in [2.05, 4.69) is 5.32 Å². The monoisotopic (exact) mass is 377 g/mol. The number of amides is 1. The summed E-state index contributed by atoms with van der Waals surface area (Å²) in [5.41, 5.74) is 0.573. The van der Waals surface area contributed by atoms with Crippen molar-refractivity contribution in [2.24, 2.45) is 0 Å². The number of carbonyl (C=O) groups is 1. The smallest absolute Gasteiger partial charge is 0.410 e. The van der Waals surface area contributed by atoms with Crippen molar-refractivity contribution < 1.29 is 22.3 Å². The van der Waals surface area contributed by atoms with E-state index in [-0.39, 0.29) is 22.3 Å². The lowest BCUT2D eigenvalue weighted by Gasteiger charge is -2.22. The maximum absolute atomic E-state index is 14.2. The van der Waals surface area contributed by atoms with Crippen LogP contribution in [0.15, 0.2) is 47.4 Å². The zero-order chi connectivity index (χ0) is 18.5. The molecule has 0 spiro atoms. The third-order valence-corrected chi connectivity index (χ3v) is 5.14. The number of hydrogen-bond donors (Lipinski definition) is 2. The van der Waals surface area contributed by atoms with Crippen molar-refractivity contribution in [1.29, 1.82) is 0 Å². The van der Waals surface area contributed by atoms with Crippen molar-refractivity contribution in [3.63, 3.8) is 0 Å². The molecule has 1 amide bonds. The number of benzene rings is 2. The van der Waals surface area contributed by atoms with Gasteiger partial charge in [-0.3, -0.25) is 0 Å². The number of halogens is 1. The number of carbonyl (C=O) groups excluding carboxylic acids is 1. The van der Waals surface area contributed by atoms with E-state index in [1.807, 2.05) is 0 Å². The van der Waals surface area contributed by atoms with Crippen LogP contribution in [0.2, 0.25) is 0 Å². The highest BCUT2D eigenvalue weighted by atomic mass is 32.2. The van der Waals surface area contributed by atoms with E-state index in [0.29, 0.717) is 5.56 Å². The molecule has 1 aliphatic carbocycles. The molecule has 0 heterocycles. The molecule has 0 unspecified atom stereocenters. The molecule has 7 heteroatoms. The van der Waals surface area contributed by atoms with Crippen LogP contribution in [0.25, 0.3) is 11.1 Å². The van der Waals surface area contributed by atoms with E-state index in [1.165, 1.54) is 36.8 Å². The van der Waals surface area contributed by atoms with Gasteiger partial charge in [0.2, 0.25) is 0 Å². The molecule has 0 bridgehead atoms. The second-order valence-electron chi connectivity index (χ2n) is 6.32. The molecule has 1 N–H and O–H groups in total. The number of nitrogens with one attached hydrogen (secondary N) is 1. The summed E-state index contributed by atoms with van der Waals surface area (Å²) in [4.78, 5) is 12.1. The van der Waals surface area contributed by atoms with Crippen LogP contribution in [0, 0.1) is 5.82 Å². The average molecular weight is 377 g/mol. The van der Waals surface area contributed by atoms with Crippen LogP contribution in [0.1, 0.15) is 32.1 Å². The number of thiol groups is 1. The van der Waals surface area contributed by atoms with Crippen LogP contribution >= 0.6 is 0 Å². The Hall–Kier alpha value is -2.41. The summed E-state index contributed by atoms with van der Waals surface area (Å²) in [5, 5.41) is 2.83. The summed E-state index contributed by atoms with van der Waals surface area (Å²) in [6.07, 6.45) is 4.66. The first-order valence-corrected chi connectivity index (χ1v) is 9.73.